The van der Waals surface area contributed by atoms with Crippen LogP contribution in [0, 0.1) is 17.8 Å². The Morgan fingerprint density at radius 1 is 1.29 bits per heavy atom. The monoisotopic (exact) mass is 252 g/mol. The van der Waals surface area contributed by atoms with Gasteiger partial charge < -0.3 is 5.32 Å². The Morgan fingerprint density at radius 3 is 3.06 bits per heavy atom. The predicted octanol–water partition coefficient (Wildman–Crippen LogP) is 3.28. The fourth-order valence-electron chi connectivity index (χ4n) is 3.61. The lowest BCUT2D eigenvalue weighted by atomic mass is 10.1. The van der Waals surface area contributed by atoms with Gasteiger partial charge in [-0.25, -0.2) is 0 Å². The minimum atomic E-state index is 0.748. The lowest BCUT2D eigenvalue weighted by molar-refractivity contribution is 0.486. The molecule has 0 aromatic rings. The highest BCUT2D eigenvalue weighted by Crippen LogP contribution is 2.34. The maximum Gasteiger partial charge on any atom is 0.156 e. The standard InChI is InChI=1S/C14H24N2S/c1-10-5-6-11(7-10)8-15-14-16-13-4-2-3-12(13)9-17-14/h10-13H,2-9H2,1H3,(H,15,16). The third kappa shape index (κ3) is 2.81. The lowest BCUT2D eigenvalue weighted by Crippen LogP contribution is -2.41. The Kier molecular flexibility index (Phi) is 3.64. The summed E-state index contributed by atoms with van der Waals surface area (Å²) >= 11 is 1.96. The summed E-state index contributed by atoms with van der Waals surface area (Å²) in [5.41, 5.74) is 0. The van der Waals surface area contributed by atoms with Gasteiger partial charge in [0.1, 0.15) is 0 Å². The third-order valence-corrected chi connectivity index (χ3v) is 5.81. The van der Waals surface area contributed by atoms with Crippen molar-refractivity contribution in [3.05, 3.63) is 0 Å². The van der Waals surface area contributed by atoms with Crippen LogP contribution in [0.5, 0.6) is 0 Å². The molecule has 0 bridgehead atoms. The molecule has 2 nitrogen and oxygen atoms in total. The number of aliphatic imine (C=N–C) groups is 1. The van der Waals surface area contributed by atoms with Crippen LogP contribution >= 0.6 is 11.8 Å². The Hall–Kier alpha value is -0.180. The fraction of sp³-hybridized carbons (Fsp3) is 0.929. The van der Waals surface area contributed by atoms with Crippen LogP contribution in [0.3, 0.4) is 0 Å². The predicted molar refractivity (Wildman–Crippen MR) is 75.5 cm³/mol. The van der Waals surface area contributed by atoms with Crippen LogP contribution in [-0.4, -0.2) is 23.5 Å². The minimum Gasteiger partial charge on any atom is -0.362 e. The van der Waals surface area contributed by atoms with E-state index in [9.17, 15) is 0 Å². The molecule has 1 N–H and O–H groups in total. The van der Waals surface area contributed by atoms with Gasteiger partial charge in [0.25, 0.3) is 0 Å². The maximum atomic E-state index is 4.83. The van der Waals surface area contributed by atoms with E-state index < -0.39 is 0 Å². The maximum absolute atomic E-state index is 4.83. The van der Waals surface area contributed by atoms with Gasteiger partial charge in [0.15, 0.2) is 5.17 Å². The first kappa shape index (κ1) is 11.9. The first-order valence-corrected chi connectivity index (χ1v) is 8.23. The summed E-state index contributed by atoms with van der Waals surface area (Å²) in [5.74, 6) is 4.02. The second-order valence-corrected chi connectivity index (χ2v) is 7.19. The summed E-state index contributed by atoms with van der Waals surface area (Å²) in [6.45, 7) is 3.45. The molecular formula is C14H24N2S. The van der Waals surface area contributed by atoms with E-state index in [0.717, 1.165) is 30.3 Å². The number of nitrogens with zero attached hydrogens (tertiary/aromatic N) is 1. The molecule has 3 fully saturated rings. The van der Waals surface area contributed by atoms with Crippen molar-refractivity contribution in [2.75, 3.05) is 12.3 Å². The van der Waals surface area contributed by atoms with E-state index in [2.05, 4.69) is 12.2 Å². The first-order chi connectivity index (χ1) is 8.31. The molecule has 4 atom stereocenters. The molecule has 3 aliphatic rings. The van der Waals surface area contributed by atoms with Crippen molar-refractivity contribution in [2.24, 2.45) is 22.7 Å². The van der Waals surface area contributed by atoms with Crippen molar-refractivity contribution in [3.8, 4) is 0 Å². The summed E-state index contributed by atoms with van der Waals surface area (Å²) < 4.78 is 0. The summed E-state index contributed by atoms with van der Waals surface area (Å²) in [7, 11) is 0. The largest absolute Gasteiger partial charge is 0.362 e. The van der Waals surface area contributed by atoms with E-state index in [1.54, 1.807) is 0 Å². The zero-order valence-corrected chi connectivity index (χ0v) is 11.6. The highest BCUT2D eigenvalue weighted by molar-refractivity contribution is 8.13. The normalized spacial score (nSPS) is 43.7. The fourth-order valence-corrected chi connectivity index (χ4v) is 4.78. The van der Waals surface area contributed by atoms with Crippen LogP contribution in [0.25, 0.3) is 0 Å². The number of hydrogen-bond acceptors (Lipinski definition) is 2. The van der Waals surface area contributed by atoms with Gasteiger partial charge in [0.05, 0.1) is 0 Å². The molecule has 0 aromatic heterocycles. The van der Waals surface area contributed by atoms with Crippen molar-refractivity contribution in [3.63, 3.8) is 0 Å². The molecule has 17 heavy (non-hydrogen) atoms. The topological polar surface area (TPSA) is 24.4 Å². The zero-order chi connectivity index (χ0) is 11.7. The first-order valence-electron chi connectivity index (χ1n) is 7.25. The van der Waals surface area contributed by atoms with Gasteiger partial charge in [-0.15, -0.1) is 0 Å². The molecule has 0 aromatic carbocycles. The Bertz CT molecular complexity index is 303. The highest BCUT2D eigenvalue weighted by Gasteiger charge is 2.32. The van der Waals surface area contributed by atoms with Gasteiger partial charge in [-0.2, -0.15) is 0 Å². The van der Waals surface area contributed by atoms with E-state index >= 15 is 0 Å². The van der Waals surface area contributed by atoms with Crippen molar-refractivity contribution < 1.29 is 0 Å². The number of nitrogens with one attached hydrogen (secondary N) is 1. The number of thioether (sulfide) groups is 1. The van der Waals surface area contributed by atoms with E-state index in [-0.39, 0.29) is 0 Å². The molecule has 3 rings (SSSR count). The molecule has 4 unspecified atom stereocenters. The Balaban J connectivity index is 1.51. The quantitative estimate of drug-likeness (QED) is 0.815. The second-order valence-electron chi connectivity index (χ2n) is 6.18. The smallest absolute Gasteiger partial charge is 0.156 e. The van der Waals surface area contributed by atoms with Gasteiger partial charge in [0, 0.05) is 18.3 Å². The van der Waals surface area contributed by atoms with Gasteiger partial charge in [-0.05, 0) is 43.4 Å². The summed E-state index contributed by atoms with van der Waals surface area (Å²) in [5, 5.41) is 4.91. The molecule has 3 heteroatoms. The van der Waals surface area contributed by atoms with Gasteiger partial charge >= 0.3 is 0 Å². The molecule has 2 saturated carbocycles. The number of fused-ring (bicyclic) bond motifs is 1. The van der Waals surface area contributed by atoms with E-state index in [4.69, 9.17) is 4.99 Å². The van der Waals surface area contributed by atoms with Crippen molar-refractivity contribution in [1.82, 2.24) is 5.32 Å². The molecule has 0 radical (unpaired) electrons. The molecule has 1 aliphatic heterocycles. The molecule has 0 amide bonds. The lowest BCUT2D eigenvalue weighted by Gasteiger charge is -2.28. The van der Waals surface area contributed by atoms with Crippen molar-refractivity contribution in [2.45, 2.75) is 51.5 Å². The van der Waals surface area contributed by atoms with Crippen molar-refractivity contribution >= 4 is 16.9 Å². The Labute approximate surface area is 109 Å². The van der Waals surface area contributed by atoms with Crippen LogP contribution in [0.1, 0.15) is 45.4 Å². The van der Waals surface area contributed by atoms with Crippen molar-refractivity contribution in [1.29, 1.82) is 0 Å². The average molecular weight is 252 g/mol. The van der Waals surface area contributed by atoms with Gasteiger partial charge in [-0.3, -0.25) is 4.99 Å². The molecular weight excluding hydrogens is 228 g/mol. The van der Waals surface area contributed by atoms with Crippen LogP contribution in [0.2, 0.25) is 0 Å². The summed E-state index contributed by atoms with van der Waals surface area (Å²) in [6, 6.07) is 0.748. The summed E-state index contributed by atoms with van der Waals surface area (Å²) in [6.07, 6.45) is 8.42. The highest BCUT2D eigenvalue weighted by atomic mass is 32.2. The van der Waals surface area contributed by atoms with Crippen LogP contribution < -0.4 is 5.32 Å². The Morgan fingerprint density at radius 2 is 2.24 bits per heavy atom. The SMILES string of the molecule is CC1CCC(CN=C2NC3CCCC3CS2)C1. The molecule has 0 spiro atoms. The molecule has 2 aliphatic carbocycles. The van der Waals surface area contributed by atoms with Crippen LogP contribution in [0.4, 0.5) is 0 Å². The van der Waals surface area contributed by atoms with E-state index in [0.29, 0.717) is 0 Å². The number of amidine groups is 1. The number of rotatable bonds is 2. The van der Waals surface area contributed by atoms with Crippen LogP contribution in [-0.2, 0) is 0 Å². The zero-order valence-electron chi connectivity index (χ0n) is 10.8. The second kappa shape index (κ2) is 5.21. The summed E-state index contributed by atoms with van der Waals surface area (Å²) in [4.78, 5) is 4.83. The van der Waals surface area contributed by atoms with Gasteiger partial charge in [-0.1, -0.05) is 31.5 Å². The number of hydrogen-bond donors (Lipinski definition) is 1. The molecule has 1 saturated heterocycles. The third-order valence-electron chi connectivity index (χ3n) is 4.70. The van der Waals surface area contributed by atoms with Gasteiger partial charge in [0.2, 0.25) is 0 Å². The van der Waals surface area contributed by atoms with E-state index in [1.807, 2.05) is 11.8 Å². The van der Waals surface area contributed by atoms with E-state index in [1.165, 1.54) is 49.4 Å². The molecule has 1 heterocycles. The average Bonchev–Trinajstić information content (AvgIpc) is 2.94. The minimum absolute atomic E-state index is 0.748. The molecule has 96 valence electrons. The van der Waals surface area contributed by atoms with Crippen LogP contribution in [0.15, 0.2) is 4.99 Å².